The Bertz CT molecular complexity index is 1510. The number of fused-ring (bicyclic) bond motifs is 1. The fraction of sp³-hybridized carbons (Fsp3) is 0.0400. The number of pyridine rings is 1. The number of halogens is 1. The second kappa shape index (κ2) is 8.14. The van der Waals surface area contributed by atoms with E-state index in [9.17, 15) is 9.90 Å². The minimum absolute atomic E-state index is 0.249. The SMILES string of the molecule is Cc1cc(-c2nc3c(-c4ccc(-c5ccccc5)nc4)cnn3c(N)c2Br)ccc1C(=O)O. The number of nitrogen functional groups attached to an aromatic ring is 1. The summed E-state index contributed by atoms with van der Waals surface area (Å²) < 4.78 is 2.16. The minimum Gasteiger partial charge on any atom is -0.478 e. The molecule has 0 fully saturated rings. The van der Waals surface area contributed by atoms with E-state index >= 15 is 0 Å². The van der Waals surface area contributed by atoms with E-state index in [0.29, 0.717) is 27.2 Å². The Kier molecular flexibility index (Phi) is 5.14. The minimum atomic E-state index is -0.967. The molecule has 0 saturated heterocycles. The Morgan fingerprint density at radius 1 is 1.00 bits per heavy atom. The van der Waals surface area contributed by atoms with Crippen molar-refractivity contribution in [2.24, 2.45) is 0 Å². The van der Waals surface area contributed by atoms with Gasteiger partial charge >= 0.3 is 5.97 Å². The van der Waals surface area contributed by atoms with E-state index in [4.69, 9.17) is 10.7 Å². The fourth-order valence-electron chi connectivity index (χ4n) is 3.77. The number of rotatable bonds is 4. The zero-order valence-electron chi connectivity index (χ0n) is 17.5. The van der Waals surface area contributed by atoms with Crippen molar-refractivity contribution in [3.05, 3.63) is 88.7 Å². The summed E-state index contributed by atoms with van der Waals surface area (Å²) in [4.78, 5) is 20.8. The van der Waals surface area contributed by atoms with Gasteiger partial charge in [-0.05, 0) is 46.6 Å². The number of aromatic nitrogens is 4. The van der Waals surface area contributed by atoms with Crippen molar-refractivity contribution in [2.75, 3.05) is 5.73 Å². The summed E-state index contributed by atoms with van der Waals surface area (Å²) in [7, 11) is 0. The van der Waals surface area contributed by atoms with Crippen molar-refractivity contribution in [3.63, 3.8) is 0 Å². The van der Waals surface area contributed by atoms with Crippen LogP contribution in [0.1, 0.15) is 15.9 Å². The highest BCUT2D eigenvalue weighted by Crippen LogP contribution is 2.35. The van der Waals surface area contributed by atoms with Crippen molar-refractivity contribution in [3.8, 4) is 33.6 Å². The number of nitrogens with zero attached hydrogens (tertiary/aromatic N) is 4. The predicted octanol–water partition coefficient (Wildman–Crippen LogP) is 5.48. The number of benzene rings is 2. The van der Waals surface area contributed by atoms with Crippen LogP contribution in [0.15, 0.2) is 77.5 Å². The lowest BCUT2D eigenvalue weighted by atomic mass is 10.0. The highest BCUT2D eigenvalue weighted by Gasteiger charge is 2.18. The lowest BCUT2D eigenvalue weighted by Crippen LogP contribution is -2.04. The number of carbonyl (C=O) groups is 1. The van der Waals surface area contributed by atoms with Gasteiger partial charge in [-0.2, -0.15) is 9.61 Å². The zero-order valence-corrected chi connectivity index (χ0v) is 19.1. The van der Waals surface area contributed by atoms with Crippen LogP contribution in [0.25, 0.3) is 39.3 Å². The van der Waals surface area contributed by atoms with Crippen LogP contribution in [0.2, 0.25) is 0 Å². The molecule has 8 heteroatoms. The van der Waals surface area contributed by atoms with Gasteiger partial charge in [-0.25, -0.2) is 9.78 Å². The third-order valence-corrected chi connectivity index (χ3v) is 6.28. The molecule has 5 rings (SSSR count). The van der Waals surface area contributed by atoms with Crippen LogP contribution in [-0.2, 0) is 0 Å². The van der Waals surface area contributed by atoms with Gasteiger partial charge < -0.3 is 10.8 Å². The maximum Gasteiger partial charge on any atom is 0.335 e. The molecule has 5 aromatic rings. The molecule has 0 aliphatic heterocycles. The van der Waals surface area contributed by atoms with E-state index in [1.807, 2.05) is 42.5 Å². The second-order valence-corrected chi connectivity index (χ2v) is 8.38. The summed E-state index contributed by atoms with van der Waals surface area (Å²) in [5.41, 5.74) is 12.8. The molecule has 162 valence electrons. The van der Waals surface area contributed by atoms with Crippen molar-refractivity contribution < 1.29 is 9.90 Å². The molecule has 3 heterocycles. The van der Waals surface area contributed by atoms with Gasteiger partial charge in [0.25, 0.3) is 0 Å². The van der Waals surface area contributed by atoms with Crippen molar-refractivity contribution >= 4 is 33.4 Å². The summed E-state index contributed by atoms with van der Waals surface area (Å²) in [6.45, 7) is 1.76. The first-order valence-electron chi connectivity index (χ1n) is 10.1. The van der Waals surface area contributed by atoms with E-state index in [1.165, 1.54) is 0 Å². The van der Waals surface area contributed by atoms with E-state index in [0.717, 1.165) is 27.9 Å². The smallest absolute Gasteiger partial charge is 0.335 e. The van der Waals surface area contributed by atoms with Gasteiger partial charge in [0, 0.05) is 28.5 Å². The van der Waals surface area contributed by atoms with Crippen LogP contribution in [0.3, 0.4) is 0 Å². The lowest BCUT2D eigenvalue weighted by molar-refractivity contribution is 0.0696. The second-order valence-electron chi connectivity index (χ2n) is 7.59. The van der Waals surface area contributed by atoms with Gasteiger partial charge in [-0.3, -0.25) is 4.98 Å². The maximum atomic E-state index is 11.4. The van der Waals surface area contributed by atoms with E-state index in [1.54, 1.807) is 42.0 Å². The normalized spacial score (nSPS) is 11.1. The highest BCUT2D eigenvalue weighted by atomic mass is 79.9. The van der Waals surface area contributed by atoms with Crippen LogP contribution >= 0.6 is 15.9 Å². The van der Waals surface area contributed by atoms with Crippen molar-refractivity contribution in [2.45, 2.75) is 6.92 Å². The average molecular weight is 500 g/mol. The van der Waals surface area contributed by atoms with Crippen LogP contribution < -0.4 is 5.73 Å². The first-order valence-corrected chi connectivity index (χ1v) is 10.9. The number of hydrogen-bond acceptors (Lipinski definition) is 5. The lowest BCUT2D eigenvalue weighted by Gasteiger charge is -2.11. The van der Waals surface area contributed by atoms with Crippen LogP contribution in [0, 0.1) is 6.92 Å². The number of hydrogen-bond donors (Lipinski definition) is 2. The number of nitrogens with two attached hydrogens (primary N) is 1. The first kappa shape index (κ1) is 20.8. The average Bonchev–Trinajstić information content (AvgIpc) is 3.26. The van der Waals surface area contributed by atoms with Gasteiger partial charge in [0.1, 0.15) is 5.82 Å². The van der Waals surface area contributed by atoms with Gasteiger partial charge in [0.15, 0.2) is 5.65 Å². The predicted molar refractivity (Wildman–Crippen MR) is 131 cm³/mol. The number of aromatic carboxylic acids is 1. The van der Waals surface area contributed by atoms with Gasteiger partial charge in [-0.1, -0.05) is 42.5 Å². The van der Waals surface area contributed by atoms with Gasteiger partial charge in [0.05, 0.1) is 27.6 Å². The molecule has 0 aliphatic carbocycles. The van der Waals surface area contributed by atoms with Crippen molar-refractivity contribution in [1.82, 2.24) is 19.6 Å². The number of anilines is 1. The zero-order chi connectivity index (χ0) is 23.1. The molecule has 0 radical (unpaired) electrons. The van der Waals surface area contributed by atoms with Gasteiger partial charge in [-0.15, -0.1) is 0 Å². The summed E-state index contributed by atoms with van der Waals surface area (Å²) in [6, 6.07) is 19.0. The maximum absolute atomic E-state index is 11.4. The Labute approximate surface area is 197 Å². The Morgan fingerprint density at radius 2 is 1.76 bits per heavy atom. The third-order valence-electron chi connectivity index (χ3n) is 5.50. The summed E-state index contributed by atoms with van der Waals surface area (Å²) in [6.07, 6.45) is 3.51. The number of aryl methyl sites for hydroxylation is 1. The van der Waals surface area contributed by atoms with E-state index < -0.39 is 5.97 Å². The number of carboxylic acid groups (broad SMARTS) is 1. The Balaban J connectivity index is 1.62. The summed E-state index contributed by atoms with van der Waals surface area (Å²) in [5, 5.41) is 13.8. The molecule has 33 heavy (non-hydrogen) atoms. The molecule has 3 N–H and O–H groups in total. The Hall–Kier alpha value is -4.04. The molecule has 7 nitrogen and oxygen atoms in total. The van der Waals surface area contributed by atoms with E-state index in [-0.39, 0.29) is 5.56 Å². The quantitative estimate of drug-likeness (QED) is 0.339. The topological polar surface area (TPSA) is 106 Å². The largest absolute Gasteiger partial charge is 0.478 e. The Morgan fingerprint density at radius 3 is 2.42 bits per heavy atom. The van der Waals surface area contributed by atoms with Crippen LogP contribution in [0.4, 0.5) is 5.82 Å². The monoisotopic (exact) mass is 499 g/mol. The summed E-state index contributed by atoms with van der Waals surface area (Å²) >= 11 is 3.53. The van der Waals surface area contributed by atoms with E-state index in [2.05, 4.69) is 26.0 Å². The molecule has 0 bridgehead atoms. The highest BCUT2D eigenvalue weighted by molar-refractivity contribution is 9.10. The molecular weight excluding hydrogens is 482 g/mol. The fourth-order valence-corrected chi connectivity index (χ4v) is 4.26. The van der Waals surface area contributed by atoms with Crippen LogP contribution in [0.5, 0.6) is 0 Å². The van der Waals surface area contributed by atoms with Crippen LogP contribution in [-0.4, -0.2) is 30.7 Å². The summed E-state index contributed by atoms with van der Waals surface area (Å²) in [5.74, 6) is -0.569. The molecule has 0 unspecified atom stereocenters. The molecule has 0 saturated carbocycles. The molecule has 2 aromatic carbocycles. The molecule has 3 aromatic heterocycles. The van der Waals surface area contributed by atoms with Crippen molar-refractivity contribution in [1.29, 1.82) is 0 Å². The molecular formula is C25H18BrN5O2. The third kappa shape index (κ3) is 3.64. The molecule has 0 aliphatic rings. The van der Waals surface area contributed by atoms with Gasteiger partial charge in [0.2, 0.25) is 0 Å². The molecule has 0 atom stereocenters. The standard InChI is InChI=1S/C25H18BrN5O2/c1-14-11-16(7-9-18(14)25(32)33)22-21(26)23(27)31-24(30-22)19(13-29-31)17-8-10-20(28-12-17)15-5-3-2-4-6-15/h2-13H,27H2,1H3,(H,32,33). The molecule has 0 amide bonds. The first-order chi connectivity index (χ1) is 15.9. The number of carboxylic acids is 1. The molecule has 0 spiro atoms.